The van der Waals surface area contributed by atoms with Crippen molar-refractivity contribution < 1.29 is 0 Å². The Labute approximate surface area is 123 Å². The van der Waals surface area contributed by atoms with Crippen LogP contribution >= 0.6 is 11.3 Å². The summed E-state index contributed by atoms with van der Waals surface area (Å²) in [5.74, 6) is 0. The molecule has 3 heteroatoms. The number of nitrogens with one attached hydrogen (secondary N) is 1. The quantitative estimate of drug-likeness (QED) is 0.771. The summed E-state index contributed by atoms with van der Waals surface area (Å²) in [5.41, 5.74) is 4.75. The van der Waals surface area contributed by atoms with Crippen molar-refractivity contribution in [3.63, 3.8) is 0 Å². The number of thiophene rings is 1. The fourth-order valence-electron chi connectivity index (χ4n) is 2.50. The molecule has 3 aromatic rings. The zero-order valence-electron chi connectivity index (χ0n) is 11.8. The van der Waals surface area contributed by atoms with Crippen LogP contribution < -0.4 is 5.32 Å². The van der Waals surface area contributed by atoms with Gasteiger partial charge in [-0.25, -0.2) is 0 Å². The Hall–Kier alpha value is -1.71. The van der Waals surface area contributed by atoms with Gasteiger partial charge in [0.1, 0.15) is 0 Å². The van der Waals surface area contributed by atoms with Crippen molar-refractivity contribution in [3.8, 4) is 0 Å². The number of benzene rings is 1. The molecule has 0 spiro atoms. The normalized spacial score (nSPS) is 12.7. The highest BCUT2D eigenvalue weighted by molar-refractivity contribution is 7.08. The second-order valence-electron chi connectivity index (χ2n) is 4.95. The van der Waals surface area contributed by atoms with Crippen molar-refractivity contribution in [1.29, 1.82) is 0 Å². The minimum atomic E-state index is 0.261. The molecular formula is C17H18N2S. The fraction of sp³-hybridized carbons (Fsp3) is 0.235. The van der Waals surface area contributed by atoms with E-state index in [2.05, 4.69) is 64.4 Å². The van der Waals surface area contributed by atoms with Gasteiger partial charge < -0.3 is 5.32 Å². The van der Waals surface area contributed by atoms with Crippen LogP contribution in [-0.4, -0.2) is 11.5 Å². The van der Waals surface area contributed by atoms with Gasteiger partial charge in [-0.15, -0.1) is 0 Å². The predicted molar refractivity (Wildman–Crippen MR) is 86.3 cm³/mol. The summed E-state index contributed by atoms with van der Waals surface area (Å²) >= 11 is 1.74. The predicted octanol–water partition coefficient (Wildman–Crippen LogP) is 4.30. The van der Waals surface area contributed by atoms with Crippen molar-refractivity contribution in [2.45, 2.75) is 19.9 Å². The monoisotopic (exact) mass is 282 g/mol. The van der Waals surface area contributed by atoms with E-state index in [1.54, 1.807) is 11.3 Å². The molecule has 1 atom stereocenters. The summed E-state index contributed by atoms with van der Waals surface area (Å²) in [4.78, 5) is 4.57. The van der Waals surface area contributed by atoms with Crippen molar-refractivity contribution in [2.24, 2.45) is 0 Å². The molecule has 0 bridgehead atoms. The lowest BCUT2D eigenvalue weighted by atomic mass is 9.99. The Morgan fingerprint density at radius 1 is 1.15 bits per heavy atom. The first kappa shape index (κ1) is 13.3. The largest absolute Gasteiger partial charge is 0.307 e. The van der Waals surface area contributed by atoms with E-state index in [1.807, 2.05) is 6.92 Å². The lowest BCUT2D eigenvalue weighted by molar-refractivity contribution is 0.633. The molecular weight excluding hydrogens is 264 g/mol. The van der Waals surface area contributed by atoms with Gasteiger partial charge in [-0.3, -0.25) is 4.98 Å². The first-order chi connectivity index (χ1) is 9.78. The second kappa shape index (κ2) is 5.73. The molecule has 0 amide bonds. The Morgan fingerprint density at radius 2 is 2.05 bits per heavy atom. The molecule has 1 unspecified atom stereocenters. The maximum atomic E-state index is 4.57. The number of nitrogens with zero attached hydrogens (tertiary/aromatic N) is 1. The number of aromatic nitrogens is 1. The van der Waals surface area contributed by atoms with Crippen LogP contribution in [0.2, 0.25) is 0 Å². The fourth-order valence-corrected chi connectivity index (χ4v) is 3.18. The Bertz CT molecular complexity index is 704. The molecule has 0 aliphatic rings. The van der Waals surface area contributed by atoms with Crippen molar-refractivity contribution >= 4 is 22.2 Å². The highest BCUT2D eigenvalue weighted by Crippen LogP contribution is 2.26. The lowest BCUT2D eigenvalue weighted by Crippen LogP contribution is -2.21. The summed E-state index contributed by atoms with van der Waals surface area (Å²) in [5, 5.41) is 9.11. The standard InChI is InChI=1S/C17H18N2S/c1-3-18-17(15-8-9-20-11-15)14-6-7-16-13(10-14)5-4-12(2)19-16/h4-11,17-18H,3H2,1-2H3. The van der Waals surface area contributed by atoms with Gasteiger partial charge in [-0.05, 0) is 59.6 Å². The lowest BCUT2D eigenvalue weighted by Gasteiger charge is -2.18. The molecule has 0 aliphatic carbocycles. The van der Waals surface area contributed by atoms with Gasteiger partial charge in [0.05, 0.1) is 11.6 Å². The first-order valence-electron chi connectivity index (χ1n) is 6.90. The molecule has 0 radical (unpaired) electrons. The van der Waals surface area contributed by atoms with Gasteiger partial charge >= 0.3 is 0 Å². The van der Waals surface area contributed by atoms with Crippen molar-refractivity contribution in [2.75, 3.05) is 6.54 Å². The van der Waals surface area contributed by atoms with Crippen LogP contribution in [0.1, 0.15) is 29.8 Å². The molecule has 2 aromatic heterocycles. The summed E-state index contributed by atoms with van der Waals surface area (Å²) in [6.07, 6.45) is 0. The average Bonchev–Trinajstić information content (AvgIpc) is 2.98. The zero-order chi connectivity index (χ0) is 13.9. The zero-order valence-corrected chi connectivity index (χ0v) is 12.6. The van der Waals surface area contributed by atoms with Crippen LogP contribution in [0.25, 0.3) is 10.9 Å². The third-order valence-corrected chi connectivity index (χ3v) is 4.17. The molecule has 0 saturated heterocycles. The summed E-state index contributed by atoms with van der Waals surface area (Å²) in [6.45, 7) is 5.12. The van der Waals surface area contributed by atoms with Gasteiger partial charge in [0.25, 0.3) is 0 Å². The second-order valence-corrected chi connectivity index (χ2v) is 5.73. The van der Waals surface area contributed by atoms with E-state index in [4.69, 9.17) is 0 Å². The molecule has 0 aliphatic heterocycles. The average molecular weight is 282 g/mol. The van der Waals surface area contributed by atoms with Crippen LogP contribution in [0, 0.1) is 6.92 Å². The Morgan fingerprint density at radius 3 is 2.80 bits per heavy atom. The number of rotatable bonds is 4. The van der Waals surface area contributed by atoms with Gasteiger partial charge in [0.15, 0.2) is 0 Å². The molecule has 0 fully saturated rings. The van der Waals surface area contributed by atoms with Gasteiger partial charge in [-0.2, -0.15) is 11.3 Å². The van der Waals surface area contributed by atoms with E-state index >= 15 is 0 Å². The molecule has 1 aromatic carbocycles. The van der Waals surface area contributed by atoms with Crippen LogP contribution in [0.3, 0.4) is 0 Å². The molecule has 3 rings (SSSR count). The van der Waals surface area contributed by atoms with Crippen molar-refractivity contribution in [3.05, 3.63) is 64.0 Å². The maximum Gasteiger partial charge on any atom is 0.0705 e. The summed E-state index contributed by atoms with van der Waals surface area (Å²) < 4.78 is 0. The third kappa shape index (κ3) is 2.60. The van der Waals surface area contributed by atoms with E-state index in [0.29, 0.717) is 0 Å². The number of hydrogen-bond donors (Lipinski definition) is 1. The van der Waals surface area contributed by atoms with Crippen molar-refractivity contribution in [1.82, 2.24) is 10.3 Å². The maximum absolute atomic E-state index is 4.57. The Kier molecular flexibility index (Phi) is 3.81. The van der Waals surface area contributed by atoms with Crippen LogP contribution in [0.5, 0.6) is 0 Å². The third-order valence-electron chi connectivity index (χ3n) is 3.47. The minimum absolute atomic E-state index is 0.261. The van der Waals surface area contributed by atoms with E-state index in [9.17, 15) is 0 Å². The summed E-state index contributed by atoms with van der Waals surface area (Å²) in [7, 11) is 0. The SMILES string of the molecule is CCNC(c1ccsc1)c1ccc2nc(C)ccc2c1. The van der Waals surface area contributed by atoms with E-state index in [0.717, 1.165) is 17.8 Å². The van der Waals surface area contributed by atoms with Gasteiger partial charge in [0, 0.05) is 11.1 Å². The van der Waals surface area contributed by atoms with E-state index in [1.165, 1.54) is 16.5 Å². The summed E-state index contributed by atoms with van der Waals surface area (Å²) in [6, 6.07) is 13.2. The first-order valence-corrected chi connectivity index (χ1v) is 7.85. The van der Waals surface area contributed by atoms with Crippen LogP contribution in [-0.2, 0) is 0 Å². The van der Waals surface area contributed by atoms with Gasteiger partial charge in [0.2, 0.25) is 0 Å². The minimum Gasteiger partial charge on any atom is -0.307 e. The van der Waals surface area contributed by atoms with E-state index < -0.39 is 0 Å². The highest BCUT2D eigenvalue weighted by Gasteiger charge is 2.13. The van der Waals surface area contributed by atoms with Crippen LogP contribution in [0.15, 0.2) is 47.2 Å². The molecule has 2 heterocycles. The number of fused-ring (bicyclic) bond motifs is 1. The number of pyridine rings is 1. The van der Waals surface area contributed by atoms with E-state index in [-0.39, 0.29) is 6.04 Å². The molecule has 0 saturated carbocycles. The van der Waals surface area contributed by atoms with Crippen LogP contribution in [0.4, 0.5) is 0 Å². The number of aryl methyl sites for hydroxylation is 1. The Balaban J connectivity index is 2.05. The number of hydrogen-bond acceptors (Lipinski definition) is 3. The smallest absolute Gasteiger partial charge is 0.0705 e. The molecule has 2 nitrogen and oxygen atoms in total. The topological polar surface area (TPSA) is 24.9 Å². The molecule has 20 heavy (non-hydrogen) atoms. The molecule has 1 N–H and O–H groups in total. The molecule has 102 valence electrons. The van der Waals surface area contributed by atoms with Gasteiger partial charge in [-0.1, -0.05) is 19.1 Å². The highest BCUT2D eigenvalue weighted by atomic mass is 32.1.